The van der Waals surface area contributed by atoms with E-state index < -0.39 is 17.8 Å². The van der Waals surface area contributed by atoms with Crippen LogP contribution in [0.5, 0.6) is 11.5 Å². The van der Waals surface area contributed by atoms with Crippen LogP contribution in [0.3, 0.4) is 0 Å². The lowest BCUT2D eigenvalue weighted by Crippen LogP contribution is -2.06. The van der Waals surface area contributed by atoms with E-state index in [1.165, 1.54) is 36.5 Å². The first kappa shape index (κ1) is 14.3. The van der Waals surface area contributed by atoms with Crippen molar-refractivity contribution in [3.8, 4) is 11.5 Å². The quantitative estimate of drug-likeness (QED) is 0.927. The van der Waals surface area contributed by atoms with Gasteiger partial charge in [0.05, 0.1) is 23.6 Å². The van der Waals surface area contributed by atoms with Crippen LogP contribution in [0.25, 0.3) is 0 Å². The summed E-state index contributed by atoms with van der Waals surface area (Å²) in [6, 6.07) is 7.91. The number of rotatable bonds is 3. The molecule has 0 fully saturated rings. The Morgan fingerprint density at radius 2 is 1.85 bits per heavy atom. The molecule has 6 heteroatoms. The molecule has 0 amide bonds. The van der Waals surface area contributed by atoms with Gasteiger partial charge in [-0.25, -0.2) is 0 Å². The number of aromatic nitrogens is 1. The zero-order valence-corrected chi connectivity index (χ0v) is 10.6. The molecule has 2 rings (SSSR count). The Balaban J connectivity index is 2.26. The second-order valence-electron chi connectivity index (χ2n) is 4.19. The molecule has 0 saturated heterocycles. The number of aliphatic hydroxyl groups excluding tert-OH is 1. The minimum Gasteiger partial charge on any atom is -0.455 e. The highest BCUT2D eigenvalue weighted by Crippen LogP contribution is 2.37. The number of ether oxygens (including phenoxy) is 1. The summed E-state index contributed by atoms with van der Waals surface area (Å²) in [6.07, 6.45) is -3.95. The van der Waals surface area contributed by atoms with Gasteiger partial charge < -0.3 is 9.84 Å². The maximum atomic E-state index is 12.8. The lowest BCUT2D eigenvalue weighted by molar-refractivity contribution is -0.138. The Kier molecular flexibility index (Phi) is 3.94. The summed E-state index contributed by atoms with van der Waals surface area (Å²) in [6.45, 7) is 1.54. The smallest absolute Gasteiger partial charge is 0.419 e. The van der Waals surface area contributed by atoms with Crippen LogP contribution in [0, 0.1) is 0 Å². The lowest BCUT2D eigenvalue weighted by Gasteiger charge is -2.13. The fourth-order valence-corrected chi connectivity index (χ4v) is 1.62. The molecule has 0 aliphatic carbocycles. The number of aliphatic hydroxyl groups is 1. The molecule has 106 valence electrons. The summed E-state index contributed by atoms with van der Waals surface area (Å²) >= 11 is 0. The number of hydrogen-bond acceptors (Lipinski definition) is 3. The molecule has 1 atom stereocenters. The van der Waals surface area contributed by atoms with E-state index in [0.717, 1.165) is 6.07 Å². The van der Waals surface area contributed by atoms with E-state index in [4.69, 9.17) is 4.74 Å². The lowest BCUT2D eigenvalue weighted by atomic mass is 10.2. The minimum absolute atomic E-state index is 0.172. The van der Waals surface area contributed by atoms with Crippen LogP contribution in [-0.4, -0.2) is 10.1 Å². The first-order chi connectivity index (χ1) is 9.38. The van der Waals surface area contributed by atoms with Gasteiger partial charge in [-0.15, -0.1) is 0 Å². The van der Waals surface area contributed by atoms with E-state index in [0.29, 0.717) is 5.69 Å². The van der Waals surface area contributed by atoms with Crippen molar-refractivity contribution in [2.75, 3.05) is 0 Å². The standard InChI is InChI=1S/C14H12F3NO2/c1-9(19)12-7-6-10(8-18-12)20-13-5-3-2-4-11(13)14(15,16)17/h2-9,19H,1H3/t9-/m1/s1. The van der Waals surface area contributed by atoms with Crippen molar-refractivity contribution >= 4 is 0 Å². The molecule has 1 aromatic carbocycles. The SMILES string of the molecule is C[C@@H](O)c1ccc(Oc2ccccc2C(F)(F)F)cn1. The molecule has 1 aromatic heterocycles. The molecule has 1 heterocycles. The summed E-state index contributed by atoms with van der Waals surface area (Å²) in [4.78, 5) is 3.91. The summed E-state index contributed by atoms with van der Waals surface area (Å²) in [7, 11) is 0. The molecule has 2 aromatic rings. The fourth-order valence-electron chi connectivity index (χ4n) is 1.62. The second-order valence-corrected chi connectivity index (χ2v) is 4.19. The first-order valence-corrected chi connectivity index (χ1v) is 5.86. The van der Waals surface area contributed by atoms with Crippen LogP contribution < -0.4 is 4.74 Å². The molecule has 0 aliphatic rings. The van der Waals surface area contributed by atoms with Crippen LogP contribution in [-0.2, 0) is 6.18 Å². The van der Waals surface area contributed by atoms with E-state index in [1.54, 1.807) is 6.92 Å². The molecule has 20 heavy (non-hydrogen) atoms. The van der Waals surface area contributed by atoms with Crippen molar-refractivity contribution in [1.82, 2.24) is 4.98 Å². The van der Waals surface area contributed by atoms with Gasteiger partial charge in [0.25, 0.3) is 0 Å². The normalized spacial score (nSPS) is 13.1. The van der Waals surface area contributed by atoms with Gasteiger partial charge in [0.2, 0.25) is 0 Å². The minimum atomic E-state index is -4.48. The molecular formula is C14H12F3NO2. The van der Waals surface area contributed by atoms with E-state index >= 15 is 0 Å². The largest absolute Gasteiger partial charge is 0.455 e. The third kappa shape index (κ3) is 3.27. The predicted molar refractivity (Wildman–Crippen MR) is 66.4 cm³/mol. The van der Waals surface area contributed by atoms with Gasteiger partial charge in [0, 0.05) is 0 Å². The Morgan fingerprint density at radius 1 is 1.15 bits per heavy atom. The topological polar surface area (TPSA) is 42.4 Å². The number of nitrogens with zero attached hydrogens (tertiary/aromatic N) is 1. The van der Waals surface area contributed by atoms with Gasteiger partial charge in [-0.3, -0.25) is 4.98 Å². The summed E-state index contributed by atoms with van der Waals surface area (Å²) in [5.74, 6) is -0.113. The predicted octanol–water partition coefficient (Wildman–Crippen LogP) is 3.95. The maximum Gasteiger partial charge on any atom is 0.419 e. The van der Waals surface area contributed by atoms with E-state index in [-0.39, 0.29) is 11.5 Å². The monoisotopic (exact) mass is 283 g/mol. The molecule has 0 spiro atoms. The van der Waals surface area contributed by atoms with Crippen molar-refractivity contribution in [2.24, 2.45) is 0 Å². The summed E-state index contributed by atoms with van der Waals surface area (Å²) < 4.78 is 43.6. The van der Waals surface area contributed by atoms with Crippen LogP contribution in [0.1, 0.15) is 24.3 Å². The number of para-hydroxylation sites is 1. The van der Waals surface area contributed by atoms with Gasteiger partial charge in [-0.2, -0.15) is 13.2 Å². The number of benzene rings is 1. The van der Waals surface area contributed by atoms with Crippen molar-refractivity contribution < 1.29 is 23.0 Å². The zero-order valence-electron chi connectivity index (χ0n) is 10.6. The second kappa shape index (κ2) is 5.50. The highest BCUT2D eigenvalue weighted by atomic mass is 19.4. The van der Waals surface area contributed by atoms with Gasteiger partial charge >= 0.3 is 6.18 Å². The van der Waals surface area contributed by atoms with E-state index in [9.17, 15) is 18.3 Å². The molecule has 0 saturated carbocycles. The number of hydrogen-bond donors (Lipinski definition) is 1. The van der Waals surface area contributed by atoms with Crippen LogP contribution in [0.2, 0.25) is 0 Å². The van der Waals surface area contributed by atoms with E-state index in [2.05, 4.69) is 4.98 Å². The third-order valence-corrected chi connectivity index (χ3v) is 2.61. The third-order valence-electron chi connectivity index (χ3n) is 2.61. The first-order valence-electron chi connectivity index (χ1n) is 5.86. The fraction of sp³-hybridized carbons (Fsp3) is 0.214. The number of pyridine rings is 1. The summed E-state index contributed by atoms with van der Waals surface area (Å²) in [5, 5.41) is 9.30. The molecule has 0 radical (unpaired) electrons. The molecule has 0 aliphatic heterocycles. The van der Waals surface area contributed by atoms with E-state index in [1.807, 2.05) is 0 Å². The highest BCUT2D eigenvalue weighted by Gasteiger charge is 2.34. The van der Waals surface area contributed by atoms with Gasteiger partial charge in [0.1, 0.15) is 11.5 Å². The molecule has 0 unspecified atom stereocenters. The van der Waals surface area contributed by atoms with Crippen LogP contribution in [0.4, 0.5) is 13.2 Å². The molecule has 1 N–H and O–H groups in total. The zero-order chi connectivity index (χ0) is 14.8. The number of halogens is 3. The van der Waals surface area contributed by atoms with Crippen molar-refractivity contribution in [3.63, 3.8) is 0 Å². The molecule has 3 nitrogen and oxygen atoms in total. The Morgan fingerprint density at radius 3 is 2.40 bits per heavy atom. The van der Waals surface area contributed by atoms with Gasteiger partial charge in [-0.05, 0) is 31.2 Å². The van der Waals surface area contributed by atoms with Crippen molar-refractivity contribution in [1.29, 1.82) is 0 Å². The Labute approximate surface area is 113 Å². The highest BCUT2D eigenvalue weighted by molar-refractivity contribution is 5.39. The maximum absolute atomic E-state index is 12.8. The Hall–Kier alpha value is -2.08. The Bertz CT molecular complexity index is 580. The molecule has 0 bridgehead atoms. The van der Waals surface area contributed by atoms with Gasteiger partial charge in [-0.1, -0.05) is 12.1 Å². The van der Waals surface area contributed by atoms with Crippen LogP contribution in [0.15, 0.2) is 42.6 Å². The number of alkyl halides is 3. The van der Waals surface area contributed by atoms with Crippen molar-refractivity contribution in [3.05, 3.63) is 53.9 Å². The summed E-state index contributed by atoms with van der Waals surface area (Å²) in [5.41, 5.74) is -0.430. The average molecular weight is 283 g/mol. The van der Waals surface area contributed by atoms with Crippen LogP contribution >= 0.6 is 0 Å². The molecular weight excluding hydrogens is 271 g/mol. The van der Waals surface area contributed by atoms with Gasteiger partial charge in [0.15, 0.2) is 0 Å². The average Bonchev–Trinajstić information content (AvgIpc) is 2.38. The van der Waals surface area contributed by atoms with Crippen molar-refractivity contribution in [2.45, 2.75) is 19.2 Å².